The molecule has 29 heavy (non-hydrogen) atoms. The molecule has 146 valence electrons. The molecule has 0 atom stereocenters. The molecule has 3 aromatic rings. The number of carbonyl (C=O) groups excluding carboxylic acids is 1. The van der Waals surface area contributed by atoms with Gasteiger partial charge in [-0.25, -0.2) is 0 Å². The molecule has 0 heterocycles. The molecule has 0 aliphatic rings. The zero-order valence-corrected chi connectivity index (χ0v) is 16.8. The van der Waals surface area contributed by atoms with E-state index in [4.69, 9.17) is 10.00 Å². The molecule has 1 N–H and O–H groups in total. The molecule has 0 saturated heterocycles. The van der Waals surface area contributed by atoms with Crippen LogP contribution in [0, 0.1) is 11.3 Å². The molecule has 0 unspecified atom stereocenters. The molecule has 1 amide bonds. The Labute approximate surface area is 175 Å². The van der Waals surface area contributed by atoms with E-state index in [-0.39, 0.29) is 12.5 Å². The van der Waals surface area contributed by atoms with Crippen LogP contribution in [0.15, 0.2) is 78.9 Å². The third-order valence-electron chi connectivity index (χ3n) is 4.25. The first kappa shape index (κ1) is 20.5. The Morgan fingerprint density at radius 1 is 0.931 bits per heavy atom. The predicted octanol–water partition coefficient (Wildman–Crippen LogP) is 4.65. The third-order valence-corrected chi connectivity index (χ3v) is 5.28. The van der Waals surface area contributed by atoms with Crippen molar-refractivity contribution in [2.75, 3.05) is 18.9 Å². The van der Waals surface area contributed by atoms with Crippen molar-refractivity contribution in [1.82, 2.24) is 5.32 Å². The van der Waals surface area contributed by atoms with Crippen LogP contribution in [0.25, 0.3) is 11.1 Å². The topological polar surface area (TPSA) is 62.1 Å². The smallest absolute Gasteiger partial charge is 0.257 e. The Hall–Kier alpha value is -3.23. The van der Waals surface area contributed by atoms with Gasteiger partial charge in [0.1, 0.15) is 5.75 Å². The Kier molecular flexibility index (Phi) is 7.73. The van der Waals surface area contributed by atoms with Crippen LogP contribution in [-0.4, -0.2) is 24.8 Å². The number of thioether (sulfide) groups is 1. The highest BCUT2D eigenvalue weighted by Crippen LogP contribution is 2.22. The molecule has 0 fully saturated rings. The summed E-state index contributed by atoms with van der Waals surface area (Å²) in [5, 5.41) is 11.7. The Bertz CT molecular complexity index is 949. The highest BCUT2D eigenvalue weighted by atomic mass is 32.2. The van der Waals surface area contributed by atoms with Gasteiger partial charge in [0, 0.05) is 18.1 Å². The second-order valence-corrected chi connectivity index (χ2v) is 7.50. The van der Waals surface area contributed by atoms with Gasteiger partial charge in [0.2, 0.25) is 0 Å². The van der Waals surface area contributed by atoms with Crippen molar-refractivity contribution in [2.24, 2.45) is 0 Å². The average Bonchev–Trinajstić information content (AvgIpc) is 2.78. The first-order valence-electron chi connectivity index (χ1n) is 9.36. The molecular weight excluding hydrogens is 380 g/mol. The van der Waals surface area contributed by atoms with Crippen molar-refractivity contribution in [1.29, 1.82) is 5.26 Å². The Morgan fingerprint density at radius 2 is 1.59 bits per heavy atom. The van der Waals surface area contributed by atoms with Gasteiger partial charge < -0.3 is 10.1 Å². The lowest BCUT2D eigenvalue weighted by Gasteiger charge is -2.08. The monoisotopic (exact) mass is 402 g/mol. The fourth-order valence-electron chi connectivity index (χ4n) is 2.71. The van der Waals surface area contributed by atoms with Gasteiger partial charge in [0.15, 0.2) is 6.61 Å². The lowest BCUT2D eigenvalue weighted by molar-refractivity contribution is -0.122. The molecule has 3 rings (SSSR count). The summed E-state index contributed by atoms with van der Waals surface area (Å²) in [5.41, 5.74) is 3.98. The molecule has 0 aliphatic heterocycles. The van der Waals surface area contributed by atoms with E-state index in [0.717, 1.165) is 22.6 Å². The van der Waals surface area contributed by atoms with Crippen molar-refractivity contribution < 1.29 is 9.53 Å². The number of nitrogens with one attached hydrogen (secondary N) is 1. The highest BCUT2D eigenvalue weighted by Gasteiger charge is 2.04. The lowest BCUT2D eigenvalue weighted by atomic mass is 10.0. The van der Waals surface area contributed by atoms with Crippen molar-refractivity contribution in [3.8, 4) is 22.9 Å². The summed E-state index contributed by atoms with van der Waals surface area (Å²) in [4.78, 5) is 11.9. The highest BCUT2D eigenvalue weighted by molar-refractivity contribution is 7.98. The van der Waals surface area contributed by atoms with Gasteiger partial charge in [-0.1, -0.05) is 54.6 Å². The summed E-state index contributed by atoms with van der Waals surface area (Å²) in [6.07, 6.45) is 0. The summed E-state index contributed by atoms with van der Waals surface area (Å²) in [5.74, 6) is 2.33. The van der Waals surface area contributed by atoms with Crippen LogP contribution < -0.4 is 10.1 Å². The molecule has 0 radical (unpaired) electrons. The minimum atomic E-state index is -0.124. The van der Waals surface area contributed by atoms with E-state index in [0.29, 0.717) is 17.9 Å². The first-order chi connectivity index (χ1) is 14.2. The van der Waals surface area contributed by atoms with Crippen molar-refractivity contribution in [3.05, 3.63) is 90.0 Å². The molecule has 0 spiro atoms. The third kappa shape index (κ3) is 6.70. The maximum absolute atomic E-state index is 11.9. The number of hydrogen-bond acceptors (Lipinski definition) is 4. The SMILES string of the molecule is N#Cc1ccc(-c2ccc(OCC(=O)NCCSCc3ccccc3)cc2)cc1. The standard InChI is InChI=1S/C24H22N2O2S/c25-16-19-6-8-21(9-7-19)22-10-12-23(13-11-22)28-17-24(27)26-14-15-29-18-20-4-2-1-3-5-20/h1-13H,14-15,17-18H2,(H,26,27). The van der Waals surface area contributed by atoms with E-state index >= 15 is 0 Å². The van der Waals surface area contributed by atoms with Crippen LogP contribution in [0.3, 0.4) is 0 Å². The van der Waals surface area contributed by atoms with Crippen molar-refractivity contribution >= 4 is 17.7 Å². The fraction of sp³-hybridized carbons (Fsp3) is 0.167. The summed E-state index contributed by atoms with van der Waals surface area (Å²) in [6.45, 7) is 0.622. The minimum Gasteiger partial charge on any atom is -0.484 e. The van der Waals surface area contributed by atoms with E-state index < -0.39 is 0 Å². The molecule has 0 saturated carbocycles. The number of nitrogens with zero attached hydrogens (tertiary/aromatic N) is 1. The molecular formula is C24H22N2O2S. The van der Waals surface area contributed by atoms with Crippen molar-refractivity contribution in [3.63, 3.8) is 0 Å². The number of amides is 1. The van der Waals surface area contributed by atoms with E-state index in [1.54, 1.807) is 23.9 Å². The van der Waals surface area contributed by atoms with Crippen LogP contribution in [0.5, 0.6) is 5.75 Å². The van der Waals surface area contributed by atoms with Gasteiger partial charge in [-0.2, -0.15) is 17.0 Å². The Balaban J connectivity index is 1.36. The predicted molar refractivity (Wildman–Crippen MR) is 118 cm³/mol. The summed E-state index contributed by atoms with van der Waals surface area (Å²) >= 11 is 1.79. The fourth-order valence-corrected chi connectivity index (χ4v) is 3.53. The van der Waals surface area contributed by atoms with Crippen LogP contribution in [-0.2, 0) is 10.5 Å². The minimum absolute atomic E-state index is 0.000432. The second kappa shape index (κ2) is 10.9. The van der Waals surface area contributed by atoms with Gasteiger partial charge >= 0.3 is 0 Å². The van der Waals surface area contributed by atoms with Crippen LogP contribution >= 0.6 is 11.8 Å². The maximum atomic E-state index is 11.9. The number of ether oxygens (including phenoxy) is 1. The number of carbonyl (C=O) groups is 1. The van der Waals surface area contributed by atoms with Gasteiger partial charge in [-0.3, -0.25) is 4.79 Å². The number of rotatable bonds is 9. The number of nitriles is 1. The van der Waals surface area contributed by atoms with E-state index in [9.17, 15) is 4.79 Å². The first-order valence-corrected chi connectivity index (χ1v) is 10.5. The quantitative estimate of drug-likeness (QED) is 0.529. The molecule has 0 aliphatic carbocycles. The van der Waals surface area contributed by atoms with E-state index in [1.807, 2.05) is 54.6 Å². The summed E-state index contributed by atoms with van der Waals surface area (Å²) < 4.78 is 5.56. The average molecular weight is 403 g/mol. The molecule has 0 bridgehead atoms. The maximum Gasteiger partial charge on any atom is 0.257 e. The molecule has 3 aromatic carbocycles. The van der Waals surface area contributed by atoms with Crippen LogP contribution in [0.2, 0.25) is 0 Å². The van der Waals surface area contributed by atoms with E-state index in [2.05, 4.69) is 23.5 Å². The normalized spacial score (nSPS) is 10.2. The largest absolute Gasteiger partial charge is 0.484 e. The molecule has 4 nitrogen and oxygen atoms in total. The van der Waals surface area contributed by atoms with Gasteiger partial charge in [-0.05, 0) is 41.0 Å². The molecule has 0 aromatic heterocycles. The van der Waals surface area contributed by atoms with Crippen molar-refractivity contribution in [2.45, 2.75) is 5.75 Å². The van der Waals surface area contributed by atoms with Gasteiger partial charge in [0.05, 0.1) is 11.6 Å². The zero-order chi connectivity index (χ0) is 20.3. The number of hydrogen-bond donors (Lipinski definition) is 1. The van der Waals surface area contributed by atoms with Gasteiger partial charge in [-0.15, -0.1) is 0 Å². The summed E-state index contributed by atoms with van der Waals surface area (Å²) in [6, 6.07) is 27.4. The number of benzene rings is 3. The molecule has 5 heteroatoms. The van der Waals surface area contributed by atoms with Crippen LogP contribution in [0.4, 0.5) is 0 Å². The van der Waals surface area contributed by atoms with E-state index in [1.165, 1.54) is 5.56 Å². The summed E-state index contributed by atoms with van der Waals surface area (Å²) in [7, 11) is 0. The zero-order valence-electron chi connectivity index (χ0n) is 16.0. The Morgan fingerprint density at radius 3 is 2.24 bits per heavy atom. The second-order valence-electron chi connectivity index (χ2n) is 6.39. The lowest BCUT2D eigenvalue weighted by Crippen LogP contribution is -2.30. The van der Waals surface area contributed by atoms with Crippen LogP contribution in [0.1, 0.15) is 11.1 Å². The van der Waals surface area contributed by atoms with Gasteiger partial charge in [0.25, 0.3) is 5.91 Å².